The third kappa shape index (κ3) is 7.37. The average molecular weight is 609 g/mol. The van der Waals surface area contributed by atoms with Crippen LogP contribution in [0.5, 0.6) is 0 Å². The molecule has 4 heterocycles. The maximum Gasteiger partial charge on any atom is 0.353 e. The molecule has 0 aromatic heterocycles. The summed E-state index contributed by atoms with van der Waals surface area (Å²) >= 11 is 3.20. The van der Waals surface area contributed by atoms with E-state index in [-0.39, 0.29) is 53.2 Å². The van der Waals surface area contributed by atoms with E-state index in [4.69, 9.17) is 5.26 Å². The monoisotopic (exact) mass is 608 g/mol. The lowest BCUT2D eigenvalue weighted by Crippen LogP contribution is -2.63. The van der Waals surface area contributed by atoms with Crippen LogP contribution in [0.3, 0.4) is 0 Å². The van der Waals surface area contributed by atoms with Crippen molar-refractivity contribution < 1.29 is 29.4 Å². The fourth-order valence-corrected chi connectivity index (χ4v) is 8.60. The Morgan fingerprint density at radius 2 is 1.98 bits per heavy atom. The van der Waals surface area contributed by atoms with Gasteiger partial charge in [-0.2, -0.15) is 17.0 Å². The van der Waals surface area contributed by atoms with E-state index in [1.54, 1.807) is 23.6 Å². The minimum Gasteiger partial charge on any atom is -0.477 e. The van der Waals surface area contributed by atoms with E-state index in [1.165, 1.54) is 16.7 Å². The Balaban J connectivity index is 1.12. The van der Waals surface area contributed by atoms with Gasteiger partial charge in [0.25, 0.3) is 0 Å². The van der Waals surface area contributed by atoms with Crippen molar-refractivity contribution in [1.29, 1.82) is 5.26 Å². The second kappa shape index (κ2) is 14.2. The van der Waals surface area contributed by atoms with Gasteiger partial charge in [-0.05, 0) is 13.3 Å². The van der Waals surface area contributed by atoms with E-state index in [2.05, 4.69) is 21.6 Å². The summed E-state index contributed by atoms with van der Waals surface area (Å²) in [4.78, 5) is 55.3. The standard InChI is InChI=1S/C27H40N6O6S2/c1-16-23-22(17(2)34)26(37)33(23)24(27(38)39)25(16)41-19-12-18(29-13-19)15-40-11-4-20(35)30-14-21(36)32-9-7-31(8-10-32)6-3-5-28/h16-19,22-23,29,34H,3-4,6-15H2,1-2H3,(H,30,35)(H,38,39)/t16-,17-,18+,19+,22-,23-/m1/s1. The number of β-lactam (4-membered cyclic amide) rings is 1. The first kappa shape index (κ1) is 31.6. The van der Waals surface area contributed by atoms with E-state index in [9.17, 15) is 29.4 Å². The number of nitrogens with one attached hydrogen (secondary N) is 2. The molecule has 4 rings (SSSR count). The SMILES string of the molecule is C[C@@H](O)[C@H]1C(=O)N2C(C(=O)O)=C(S[C@@H]3CN[C@H](CSCCC(=O)NCC(=O)N4CCN(CCC#N)CC4)C3)[C@H](C)[C@H]12. The van der Waals surface area contributed by atoms with Crippen LogP contribution < -0.4 is 10.6 Å². The second-order valence-corrected chi connectivity index (χ2v) is 13.6. The van der Waals surface area contributed by atoms with Crippen LogP contribution in [0.2, 0.25) is 0 Å². The quantitative estimate of drug-likeness (QED) is 0.163. The molecule has 12 nitrogen and oxygen atoms in total. The average Bonchev–Trinajstić information content (AvgIpc) is 3.49. The number of thioether (sulfide) groups is 2. The Bertz CT molecular complexity index is 1090. The maximum absolute atomic E-state index is 12.5. The van der Waals surface area contributed by atoms with Gasteiger partial charge in [-0.15, -0.1) is 11.8 Å². The number of nitriles is 1. The molecule has 14 heteroatoms. The molecule has 4 aliphatic rings. The van der Waals surface area contributed by atoms with Crippen LogP contribution in [-0.4, -0.2) is 129 Å². The van der Waals surface area contributed by atoms with E-state index < -0.39 is 18.0 Å². The normalized spacial score (nSPS) is 28.7. The highest BCUT2D eigenvalue weighted by molar-refractivity contribution is 8.03. The number of aliphatic hydroxyl groups is 1. The first-order valence-corrected chi connectivity index (χ1v) is 16.3. The van der Waals surface area contributed by atoms with Crippen molar-refractivity contribution in [3.63, 3.8) is 0 Å². The molecule has 0 aliphatic carbocycles. The van der Waals surface area contributed by atoms with Crippen molar-refractivity contribution in [3.05, 3.63) is 10.6 Å². The highest BCUT2D eigenvalue weighted by atomic mass is 32.2. The molecule has 0 spiro atoms. The summed E-state index contributed by atoms with van der Waals surface area (Å²) in [6, 6.07) is 2.07. The molecule has 226 valence electrons. The van der Waals surface area contributed by atoms with Gasteiger partial charge in [-0.3, -0.25) is 19.3 Å². The van der Waals surface area contributed by atoms with Crippen molar-refractivity contribution in [2.75, 3.05) is 57.3 Å². The summed E-state index contributed by atoms with van der Waals surface area (Å²) in [7, 11) is 0. The number of carbonyl (C=O) groups is 4. The lowest BCUT2D eigenvalue weighted by atomic mass is 9.79. The zero-order chi connectivity index (χ0) is 29.7. The highest BCUT2D eigenvalue weighted by Crippen LogP contribution is 2.51. The summed E-state index contributed by atoms with van der Waals surface area (Å²) < 4.78 is 0. The first-order valence-electron chi connectivity index (χ1n) is 14.2. The van der Waals surface area contributed by atoms with Gasteiger partial charge in [0.2, 0.25) is 17.7 Å². The Kier molecular flexibility index (Phi) is 11.0. The van der Waals surface area contributed by atoms with Gasteiger partial charge in [0, 0.05) is 85.7 Å². The van der Waals surface area contributed by atoms with Crippen molar-refractivity contribution >= 4 is 47.2 Å². The van der Waals surface area contributed by atoms with Crippen molar-refractivity contribution in [2.45, 2.75) is 56.5 Å². The van der Waals surface area contributed by atoms with Crippen molar-refractivity contribution in [3.8, 4) is 6.07 Å². The molecule has 4 N–H and O–H groups in total. The Hall–Kier alpha value is -2.31. The van der Waals surface area contributed by atoms with Crippen LogP contribution in [0.15, 0.2) is 10.6 Å². The molecule has 41 heavy (non-hydrogen) atoms. The van der Waals surface area contributed by atoms with Gasteiger partial charge in [-0.25, -0.2) is 4.79 Å². The Morgan fingerprint density at radius 1 is 1.24 bits per heavy atom. The molecule has 3 amide bonds. The number of piperazine rings is 1. The zero-order valence-electron chi connectivity index (χ0n) is 23.6. The number of aliphatic hydroxyl groups excluding tert-OH is 1. The second-order valence-electron chi connectivity index (χ2n) is 11.1. The number of carboxylic acids is 1. The maximum atomic E-state index is 12.5. The lowest BCUT2D eigenvalue weighted by molar-refractivity contribution is -0.163. The number of hydrogen-bond donors (Lipinski definition) is 4. The predicted octanol–water partition coefficient (Wildman–Crippen LogP) is -0.0988. The van der Waals surface area contributed by atoms with E-state index in [1.807, 2.05) is 6.92 Å². The number of carbonyl (C=O) groups excluding carboxylic acids is 3. The number of nitrogens with zero attached hydrogens (tertiary/aromatic N) is 4. The fourth-order valence-electron chi connectivity index (χ4n) is 6.05. The molecule has 4 aliphatic heterocycles. The molecule has 3 saturated heterocycles. The minimum atomic E-state index is -1.10. The minimum absolute atomic E-state index is 0.000764. The van der Waals surface area contributed by atoms with E-state index >= 15 is 0 Å². The van der Waals surface area contributed by atoms with Gasteiger partial charge in [0.1, 0.15) is 5.70 Å². The molecule has 0 bridgehead atoms. The third-order valence-corrected chi connectivity index (χ3v) is 10.9. The molecule has 0 aromatic carbocycles. The highest BCUT2D eigenvalue weighted by Gasteiger charge is 2.60. The molecular weight excluding hydrogens is 568 g/mol. The first-order chi connectivity index (χ1) is 19.6. The molecular formula is C27H40N6O6S2. The van der Waals surface area contributed by atoms with Crippen LogP contribution in [0.4, 0.5) is 0 Å². The van der Waals surface area contributed by atoms with E-state index in [0.29, 0.717) is 36.6 Å². The van der Waals surface area contributed by atoms with Gasteiger partial charge in [-0.1, -0.05) is 6.92 Å². The smallest absolute Gasteiger partial charge is 0.353 e. The number of aliphatic carboxylic acids is 1. The van der Waals surface area contributed by atoms with Crippen molar-refractivity contribution in [1.82, 2.24) is 25.3 Å². The fraction of sp³-hybridized carbons (Fsp3) is 0.741. The number of carboxylic acid groups (broad SMARTS) is 1. The lowest BCUT2D eigenvalue weighted by Gasteiger charge is -2.46. The number of rotatable bonds is 13. The third-order valence-electron chi connectivity index (χ3n) is 8.28. The molecule has 6 atom stereocenters. The topological polar surface area (TPSA) is 166 Å². The van der Waals surface area contributed by atoms with Crippen LogP contribution in [0.1, 0.15) is 33.1 Å². The number of hydrogen-bond acceptors (Lipinski definition) is 10. The van der Waals surface area contributed by atoms with Gasteiger partial charge in [0.15, 0.2) is 0 Å². The van der Waals surface area contributed by atoms with Gasteiger partial charge >= 0.3 is 5.97 Å². The van der Waals surface area contributed by atoms with E-state index in [0.717, 1.165) is 38.4 Å². The van der Waals surface area contributed by atoms with Gasteiger partial charge in [0.05, 0.1) is 30.7 Å². The Labute approximate surface area is 249 Å². The molecule has 0 saturated carbocycles. The summed E-state index contributed by atoms with van der Waals surface area (Å²) in [6.07, 6.45) is 0.847. The number of fused-ring (bicyclic) bond motifs is 1. The largest absolute Gasteiger partial charge is 0.477 e. The summed E-state index contributed by atoms with van der Waals surface area (Å²) in [5.74, 6) is -0.899. The van der Waals surface area contributed by atoms with Crippen molar-refractivity contribution in [2.24, 2.45) is 11.8 Å². The van der Waals surface area contributed by atoms with Crippen LogP contribution >= 0.6 is 23.5 Å². The molecule has 0 unspecified atom stereocenters. The Morgan fingerprint density at radius 3 is 2.63 bits per heavy atom. The van der Waals surface area contributed by atoms with Crippen LogP contribution in [-0.2, 0) is 19.2 Å². The summed E-state index contributed by atoms with van der Waals surface area (Å²) in [5, 5.41) is 35.0. The predicted molar refractivity (Wildman–Crippen MR) is 156 cm³/mol. The number of amides is 3. The molecule has 0 aromatic rings. The summed E-state index contributed by atoms with van der Waals surface area (Å²) in [5.41, 5.74) is 0.0644. The van der Waals surface area contributed by atoms with Crippen LogP contribution in [0, 0.1) is 23.2 Å². The molecule has 0 radical (unpaired) electrons. The van der Waals surface area contributed by atoms with Crippen LogP contribution in [0.25, 0.3) is 0 Å². The molecule has 3 fully saturated rings. The zero-order valence-corrected chi connectivity index (χ0v) is 25.2. The van der Waals surface area contributed by atoms with Gasteiger partial charge < -0.3 is 30.6 Å². The summed E-state index contributed by atoms with van der Waals surface area (Å²) in [6.45, 7) is 7.66.